The summed E-state index contributed by atoms with van der Waals surface area (Å²) in [6.07, 6.45) is 1.62. The Bertz CT molecular complexity index is 877. The zero-order valence-corrected chi connectivity index (χ0v) is 15.3. The quantitative estimate of drug-likeness (QED) is 0.706. The fraction of sp³-hybridized carbons (Fsp3) is 0.238. The third-order valence-corrected chi connectivity index (χ3v) is 4.92. The van der Waals surface area contributed by atoms with Crippen molar-refractivity contribution in [1.82, 2.24) is 9.97 Å². The number of benzene rings is 2. The lowest BCUT2D eigenvalue weighted by Crippen LogP contribution is -2.46. The molecule has 4 rings (SSSR count). The van der Waals surface area contributed by atoms with E-state index in [2.05, 4.69) is 36.8 Å². The Hall–Kier alpha value is -3.15. The van der Waals surface area contributed by atoms with E-state index in [4.69, 9.17) is 0 Å². The van der Waals surface area contributed by atoms with E-state index in [1.165, 1.54) is 12.1 Å². The van der Waals surface area contributed by atoms with E-state index in [1.54, 1.807) is 6.33 Å². The second-order valence-corrected chi connectivity index (χ2v) is 6.58. The van der Waals surface area contributed by atoms with Crippen molar-refractivity contribution in [2.75, 3.05) is 47.9 Å². The largest absolute Gasteiger partial charge is 0.368 e. The molecule has 0 bridgehead atoms. The monoisotopic (exact) mass is 363 g/mol. The molecule has 0 unspecified atom stereocenters. The third kappa shape index (κ3) is 3.84. The summed E-state index contributed by atoms with van der Waals surface area (Å²) in [7, 11) is 2.01. The Morgan fingerprint density at radius 2 is 1.52 bits per heavy atom. The molecule has 0 radical (unpaired) electrons. The van der Waals surface area contributed by atoms with Gasteiger partial charge in [-0.05, 0) is 36.4 Å². The minimum absolute atomic E-state index is 0.201. The summed E-state index contributed by atoms with van der Waals surface area (Å²) in [5.74, 6) is 1.60. The average Bonchev–Trinajstić information content (AvgIpc) is 2.75. The Morgan fingerprint density at radius 1 is 0.852 bits per heavy atom. The number of nitrogens with zero attached hydrogens (tertiary/aromatic N) is 5. The van der Waals surface area contributed by atoms with Crippen LogP contribution >= 0.6 is 0 Å². The zero-order chi connectivity index (χ0) is 18.6. The summed E-state index contributed by atoms with van der Waals surface area (Å²) in [6, 6.07) is 18.9. The van der Waals surface area contributed by atoms with Gasteiger partial charge in [0.05, 0.1) is 0 Å². The molecule has 0 N–H and O–H groups in total. The fourth-order valence-corrected chi connectivity index (χ4v) is 3.32. The minimum Gasteiger partial charge on any atom is -0.368 e. The molecule has 1 aromatic heterocycles. The van der Waals surface area contributed by atoms with Crippen LogP contribution in [0.3, 0.4) is 0 Å². The highest BCUT2D eigenvalue weighted by atomic mass is 19.1. The van der Waals surface area contributed by atoms with Crippen molar-refractivity contribution in [2.45, 2.75) is 0 Å². The van der Waals surface area contributed by atoms with Crippen LogP contribution in [0, 0.1) is 5.82 Å². The van der Waals surface area contributed by atoms with Crippen molar-refractivity contribution >= 4 is 23.0 Å². The summed E-state index contributed by atoms with van der Waals surface area (Å²) in [5, 5.41) is 0. The molecule has 2 aromatic carbocycles. The van der Waals surface area contributed by atoms with Crippen LogP contribution in [0.2, 0.25) is 0 Å². The van der Waals surface area contributed by atoms with Crippen LogP contribution < -0.4 is 14.7 Å². The van der Waals surface area contributed by atoms with Gasteiger partial charge in [-0.1, -0.05) is 18.2 Å². The minimum atomic E-state index is -0.201. The van der Waals surface area contributed by atoms with Gasteiger partial charge < -0.3 is 14.7 Å². The molecule has 0 aliphatic carbocycles. The van der Waals surface area contributed by atoms with Gasteiger partial charge >= 0.3 is 0 Å². The Kier molecular flexibility index (Phi) is 4.87. The number of anilines is 4. The molecular weight excluding hydrogens is 341 g/mol. The van der Waals surface area contributed by atoms with E-state index < -0.39 is 0 Å². The van der Waals surface area contributed by atoms with Crippen molar-refractivity contribution in [3.05, 3.63) is 72.8 Å². The van der Waals surface area contributed by atoms with Gasteiger partial charge in [-0.3, -0.25) is 0 Å². The van der Waals surface area contributed by atoms with Crippen LogP contribution in [0.4, 0.5) is 27.4 Å². The van der Waals surface area contributed by atoms with E-state index >= 15 is 0 Å². The summed E-state index contributed by atoms with van der Waals surface area (Å²) < 4.78 is 13.1. The first-order chi connectivity index (χ1) is 13.2. The molecule has 1 fully saturated rings. The van der Waals surface area contributed by atoms with Crippen LogP contribution in [0.15, 0.2) is 67.0 Å². The van der Waals surface area contributed by atoms with Crippen molar-refractivity contribution in [3.8, 4) is 0 Å². The number of rotatable bonds is 4. The van der Waals surface area contributed by atoms with Crippen molar-refractivity contribution in [3.63, 3.8) is 0 Å². The molecule has 5 nitrogen and oxygen atoms in total. The predicted molar refractivity (Wildman–Crippen MR) is 107 cm³/mol. The standard InChI is InChI=1S/C21H22FN5/c1-25(18-5-3-2-4-6-18)20-15-21(24-16-23-20)27-13-11-26(12-14-27)19-9-7-17(22)8-10-19/h2-10,15-16H,11-14H2,1H3. The molecule has 6 heteroatoms. The Labute approximate surface area is 158 Å². The van der Waals surface area contributed by atoms with Gasteiger partial charge in [-0.15, -0.1) is 0 Å². The van der Waals surface area contributed by atoms with E-state index in [0.717, 1.165) is 49.2 Å². The first-order valence-corrected chi connectivity index (χ1v) is 9.07. The Balaban J connectivity index is 1.45. The lowest BCUT2D eigenvalue weighted by atomic mass is 10.2. The number of aromatic nitrogens is 2. The number of para-hydroxylation sites is 1. The van der Waals surface area contributed by atoms with Crippen LogP contribution in [-0.4, -0.2) is 43.2 Å². The molecule has 27 heavy (non-hydrogen) atoms. The molecule has 0 saturated carbocycles. The molecule has 0 amide bonds. The number of halogens is 1. The maximum absolute atomic E-state index is 13.1. The van der Waals surface area contributed by atoms with Crippen LogP contribution in [-0.2, 0) is 0 Å². The fourth-order valence-electron chi connectivity index (χ4n) is 3.32. The second-order valence-electron chi connectivity index (χ2n) is 6.58. The van der Waals surface area contributed by atoms with Gasteiger partial charge in [0.2, 0.25) is 0 Å². The van der Waals surface area contributed by atoms with Crippen molar-refractivity contribution in [2.24, 2.45) is 0 Å². The summed E-state index contributed by atoms with van der Waals surface area (Å²) in [5.41, 5.74) is 2.14. The van der Waals surface area contributed by atoms with Crippen LogP contribution in [0.5, 0.6) is 0 Å². The lowest BCUT2D eigenvalue weighted by Gasteiger charge is -2.36. The van der Waals surface area contributed by atoms with Crippen molar-refractivity contribution < 1.29 is 4.39 Å². The molecule has 0 spiro atoms. The molecule has 2 heterocycles. The van der Waals surface area contributed by atoms with E-state index in [-0.39, 0.29) is 5.82 Å². The van der Waals surface area contributed by atoms with Gasteiger partial charge in [0.25, 0.3) is 0 Å². The van der Waals surface area contributed by atoms with E-state index in [1.807, 2.05) is 43.4 Å². The van der Waals surface area contributed by atoms with Gasteiger partial charge in [0, 0.05) is 50.7 Å². The van der Waals surface area contributed by atoms with Crippen LogP contribution in [0.1, 0.15) is 0 Å². The molecule has 138 valence electrons. The summed E-state index contributed by atoms with van der Waals surface area (Å²) in [4.78, 5) is 15.5. The molecular formula is C21H22FN5. The Morgan fingerprint density at radius 3 is 2.22 bits per heavy atom. The molecule has 0 atom stereocenters. The number of hydrogen-bond acceptors (Lipinski definition) is 5. The normalized spacial score (nSPS) is 14.3. The molecule has 1 saturated heterocycles. The second kappa shape index (κ2) is 7.61. The highest BCUT2D eigenvalue weighted by Crippen LogP contribution is 2.25. The SMILES string of the molecule is CN(c1ccccc1)c1cc(N2CCN(c3ccc(F)cc3)CC2)ncn1. The van der Waals surface area contributed by atoms with Crippen LogP contribution in [0.25, 0.3) is 0 Å². The average molecular weight is 363 g/mol. The molecule has 1 aliphatic heterocycles. The highest BCUT2D eigenvalue weighted by Gasteiger charge is 2.19. The van der Waals surface area contributed by atoms with Crippen molar-refractivity contribution in [1.29, 1.82) is 0 Å². The summed E-state index contributed by atoms with van der Waals surface area (Å²) >= 11 is 0. The summed E-state index contributed by atoms with van der Waals surface area (Å²) in [6.45, 7) is 3.48. The van der Waals surface area contributed by atoms with E-state index in [9.17, 15) is 4.39 Å². The van der Waals surface area contributed by atoms with Gasteiger partial charge in [-0.2, -0.15) is 0 Å². The zero-order valence-electron chi connectivity index (χ0n) is 15.3. The lowest BCUT2D eigenvalue weighted by molar-refractivity contribution is 0.624. The van der Waals surface area contributed by atoms with E-state index in [0.29, 0.717) is 0 Å². The first kappa shape index (κ1) is 17.3. The highest BCUT2D eigenvalue weighted by molar-refractivity contribution is 5.62. The number of piperazine rings is 1. The maximum Gasteiger partial charge on any atom is 0.138 e. The number of hydrogen-bond donors (Lipinski definition) is 0. The maximum atomic E-state index is 13.1. The van der Waals surface area contributed by atoms with Gasteiger partial charge in [0.15, 0.2) is 0 Å². The smallest absolute Gasteiger partial charge is 0.138 e. The third-order valence-electron chi connectivity index (χ3n) is 4.92. The predicted octanol–water partition coefficient (Wildman–Crippen LogP) is 3.71. The first-order valence-electron chi connectivity index (χ1n) is 9.07. The van der Waals surface area contributed by atoms with Gasteiger partial charge in [-0.25, -0.2) is 14.4 Å². The molecule has 3 aromatic rings. The molecule has 1 aliphatic rings. The van der Waals surface area contributed by atoms with Gasteiger partial charge in [0.1, 0.15) is 23.8 Å². The topological polar surface area (TPSA) is 35.5 Å².